The number of amides is 4. The van der Waals surface area contributed by atoms with Crippen molar-refractivity contribution in [3.8, 4) is 0 Å². The quantitative estimate of drug-likeness (QED) is 0.503. The molecule has 1 heterocycles. The Morgan fingerprint density at radius 2 is 1.67 bits per heavy atom. The molecule has 1 saturated heterocycles. The minimum absolute atomic E-state index is 0.0238. The van der Waals surface area contributed by atoms with Crippen LogP contribution in [-0.4, -0.2) is 42.6 Å². The Labute approximate surface area is 163 Å². The van der Waals surface area contributed by atoms with Crippen LogP contribution in [0.5, 0.6) is 0 Å². The van der Waals surface area contributed by atoms with Crippen LogP contribution in [0.3, 0.4) is 0 Å². The third kappa shape index (κ3) is 6.15. The zero-order valence-electron chi connectivity index (χ0n) is 16.6. The Kier molecular flexibility index (Phi) is 7.84. The van der Waals surface area contributed by atoms with Gasteiger partial charge in [0.2, 0.25) is 0 Å². The molecule has 0 aromatic carbocycles. The summed E-state index contributed by atoms with van der Waals surface area (Å²) in [6.45, 7) is 2.01. The number of nitrogens with zero attached hydrogens (tertiary/aromatic N) is 1. The molecular formula is C21H36N4O2. The molecule has 6 nitrogen and oxygen atoms in total. The number of hydrogen-bond acceptors (Lipinski definition) is 2. The standard InChI is InChI=1S/C21H36N4O2/c26-20(24-18-11-3-1-2-4-12-18)22-14-8-15-23-21(27)25-16-7-10-17-9-5-6-13-19(17)25/h13,17-18H,1-12,14-16H2,(H,23,27)(H2,22,24,26). The summed E-state index contributed by atoms with van der Waals surface area (Å²) in [5.41, 5.74) is 1.24. The molecule has 0 bridgehead atoms. The van der Waals surface area contributed by atoms with Gasteiger partial charge in [0, 0.05) is 31.4 Å². The van der Waals surface area contributed by atoms with Gasteiger partial charge in [0.25, 0.3) is 0 Å². The molecule has 2 fully saturated rings. The van der Waals surface area contributed by atoms with Crippen molar-refractivity contribution in [2.24, 2.45) is 5.92 Å². The molecule has 0 spiro atoms. The van der Waals surface area contributed by atoms with Gasteiger partial charge in [-0.25, -0.2) is 9.59 Å². The van der Waals surface area contributed by atoms with Crippen LogP contribution < -0.4 is 16.0 Å². The van der Waals surface area contributed by atoms with Crippen LogP contribution >= 0.6 is 0 Å². The van der Waals surface area contributed by atoms with Crippen molar-refractivity contribution < 1.29 is 9.59 Å². The van der Waals surface area contributed by atoms with Gasteiger partial charge >= 0.3 is 12.1 Å². The third-order valence-corrected chi connectivity index (χ3v) is 6.13. The first-order valence-corrected chi connectivity index (χ1v) is 11.0. The molecule has 1 unspecified atom stereocenters. The predicted octanol–water partition coefficient (Wildman–Crippen LogP) is 3.89. The second kappa shape index (κ2) is 10.6. The maximum absolute atomic E-state index is 12.5. The maximum atomic E-state index is 12.5. The number of fused-ring (bicyclic) bond motifs is 1. The van der Waals surface area contributed by atoms with Crippen molar-refractivity contribution >= 4 is 12.1 Å². The number of allylic oxidation sites excluding steroid dienone is 2. The Morgan fingerprint density at radius 1 is 0.926 bits per heavy atom. The van der Waals surface area contributed by atoms with Gasteiger partial charge in [-0.1, -0.05) is 31.8 Å². The summed E-state index contributed by atoms with van der Waals surface area (Å²) in [5, 5.41) is 9.03. The van der Waals surface area contributed by atoms with Crippen LogP contribution in [0.1, 0.15) is 77.0 Å². The molecule has 0 aromatic rings. The lowest BCUT2D eigenvalue weighted by atomic mass is 9.85. The molecule has 0 radical (unpaired) electrons. The van der Waals surface area contributed by atoms with Crippen molar-refractivity contribution in [1.29, 1.82) is 0 Å². The normalized spacial score (nSPS) is 23.6. The maximum Gasteiger partial charge on any atom is 0.321 e. The fourth-order valence-electron chi connectivity index (χ4n) is 4.64. The summed E-state index contributed by atoms with van der Waals surface area (Å²) < 4.78 is 0. The molecule has 4 amide bonds. The fraction of sp³-hybridized carbons (Fsp3) is 0.810. The first kappa shape index (κ1) is 20.0. The van der Waals surface area contributed by atoms with E-state index in [1.807, 2.05) is 4.90 Å². The van der Waals surface area contributed by atoms with Gasteiger partial charge in [-0.3, -0.25) is 4.90 Å². The molecule has 1 saturated carbocycles. The van der Waals surface area contributed by atoms with E-state index in [0.29, 0.717) is 25.0 Å². The summed E-state index contributed by atoms with van der Waals surface area (Å²) in [7, 11) is 0. The number of nitrogens with one attached hydrogen (secondary N) is 3. The molecule has 2 aliphatic carbocycles. The van der Waals surface area contributed by atoms with E-state index in [4.69, 9.17) is 0 Å². The van der Waals surface area contributed by atoms with Crippen LogP contribution in [0.25, 0.3) is 0 Å². The monoisotopic (exact) mass is 376 g/mol. The first-order valence-electron chi connectivity index (χ1n) is 11.0. The van der Waals surface area contributed by atoms with Crippen LogP contribution in [0.4, 0.5) is 9.59 Å². The van der Waals surface area contributed by atoms with E-state index in [0.717, 1.165) is 38.6 Å². The minimum atomic E-state index is -0.0699. The summed E-state index contributed by atoms with van der Waals surface area (Å²) in [5.74, 6) is 0.576. The SMILES string of the molecule is O=C(NCCCNC(=O)N1CCCC2CCCC=C21)NC1CCCCCC1. The Morgan fingerprint density at radius 3 is 2.48 bits per heavy atom. The van der Waals surface area contributed by atoms with E-state index in [1.54, 1.807) is 0 Å². The highest BCUT2D eigenvalue weighted by atomic mass is 16.2. The lowest BCUT2D eigenvalue weighted by molar-refractivity contribution is 0.187. The molecule has 3 rings (SSSR count). The van der Waals surface area contributed by atoms with Crippen LogP contribution in [0, 0.1) is 5.92 Å². The lowest BCUT2D eigenvalue weighted by Crippen LogP contribution is -2.45. The fourth-order valence-corrected chi connectivity index (χ4v) is 4.64. The van der Waals surface area contributed by atoms with Crippen LogP contribution in [0.15, 0.2) is 11.8 Å². The number of rotatable bonds is 5. The molecule has 6 heteroatoms. The van der Waals surface area contributed by atoms with Crippen molar-refractivity contribution in [3.05, 3.63) is 11.8 Å². The van der Waals surface area contributed by atoms with Gasteiger partial charge in [0.15, 0.2) is 0 Å². The molecule has 1 aliphatic heterocycles. The largest absolute Gasteiger partial charge is 0.338 e. The number of likely N-dealkylation sites (tertiary alicyclic amines) is 1. The average molecular weight is 377 g/mol. The summed E-state index contributed by atoms with van der Waals surface area (Å²) in [6, 6.07) is 0.276. The minimum Gasteiger partial charge on any atom is -0.338 e. The van der Waals surface area contributed by atoms with Crippen LogP contribution in [-0.2, 0) is 0 Å². The predicted molar refractivity (Wildman–Crippen MR) is 107 cm³/mol. The lowest BCUT2D eigenvalue weighted by Gasteiger charge is -2.37. The van der Waals surface area contributed by atoms with Gasteiger partial charge in [-0.05, 0) is 57.3 Å². The molecule has 152 valence electrons. The summed E-state index contributed by atoms with van der Waals surface area (Å²) in [6.07, 6.45) is 16.1. The number of carbonyl (C=O) groups excluding carboxylic acids is 2. The first-order chi connectivity index (χ1) is 13.2. The summed E-state index contributed by atoms with van der Waals surface area (Å²) >= 11 is 0. The van der Waals surface area contributed by atoms with Crippen molar-refractivity contribution in [1.82, 2.24) is 20.9 Å². The molecule has 0 aromatic heterocycles. The van der Waals surface area contributed by atoms with Gasteiger partial charge in [-0.2, -0.15) is 0 Å². The van der Waals surface area contributed by atoms with E-state index >= 15 is 0 Å². The van der Waals surface area contributed by atoms with E-state index < -0.39 is 0 Å². The third-order valence-electron chi connectivity index (χ3n) is 6.13. The van der Waals surface area contributed by atoms with E-state index in [2.05, 4.69) is 22.0 Å². The van der Waals surface area contributed by atoms with E-state index in [9.17, 15) is 9.59 Å². The van der Waals surface area contributed by atoms with Crippen LogP contribution in [0.2, 0.25) is 0 Å². The molecule has 1 atom stereocenters. The van der Waals surface area contributed by atoms with E-state index in [-0.39, 0.29) is 12.1 Å². The Hall–Kier alpha value is -1.72. The molecule has 3 N–H and O–H groups in total. The second-order valence-corrected chi connectivity index (χ2v) is 8.22. The van der Waals surface area contributed by atoms with Gasteiger partial charge < -0.3 is 16.0 Å². The number of urea groups is 2. The number of carbonyl (C=O) groups is 2. The second-order valence-electron chi connectivity index (χ2n) is 8.22. The van der Waals surface area contributed by atoms with Gasteiger partial charge in [0.05, 0.1) is 0 Å². The zero-order chi connectivity index (χ0) is 18.9. The highest BCUT2D eigenvalue weighted by molar-refractivity contribution is 5.76. The Balaban J connectivity index is 1.30. The highest BCUT2D eigenvalue weighted by Gasteiger charge is 2.30. The number of hydrogen-bond donors (Lipinski definition) is 3. The topological polar surface area (TPSA) is 73.5 Å². The van der Waals surface area contributed by atoms with Gasteiger partial charge in [0.1, 0.15) is 0 Å². The highest BCUT2D eigenvalue weighted by Crippen LogP contribution is 2.34. The van der Waals surface area contributed by atoms with E-state index in [1.165, 1.54) is 50.6 Å². The van der Waals surface area contributed by atoms with Crippen molar-refractivity contribution in [2.75, 3.05) is 19.6 Å². The number of piperidine rings is 1. The Bertz CT molecular complexity index is 526. The van der Waals surface area contributed by atoms with Gasteiger partial charge in [-0.15, -0.1) is 0 Å². The smallest absolute Gasteiger partial charge is 0.321 e. The molecular weight excluding hydrogens is 340 g/mol. The average Bonchev–Trinajstić information content (AvgIpc) is 2.95. The molecule has 27 heavy (non-hydrogen) atoms. The zero-order valence-corrected chi connectivity index (χ0v) is 16.6. The van der Waals surface area contributed by atoms with Crippen molar-refractivity contribution in [3.63, 3.8) is 0 Å². The van der Waals surface area contributed by atoms with Crippen molar-refractivity contribution in [2.45, 2.75) is 83.1 Å². The summed E-state index contributed by atoms with van der Waals surface area (Å²) in [4.78, 5) is 26.5. The molecule has 3 aliphatic rings.